The Bertz CT molecular complexity index is 576. The average molecular weight is 312 g/mol. The highest BCUT2D eigenvalue weighted by Crippen LogP contribution is 2.38. The molecule has 0 bridgehead atoms. The van der Waals surface area contributed by atoms with E-state index in [-0.39, 0.29) is 22.4 Å². The van der Waals surface area contributed by atoms with Gasteiger partial charge < -0.3 is 34.6 Å². The number of methoxy groups -OCH3 is 2. The van der Waals surface area contributed by atoms with Crippen LogP contribution >= 0.6 is 11.8 Å². The van der Waals surface area contributed by atoms with Gasteiger partial charge in [-0.2, -0.15) is 0 Å². The number of benzene rings is 1. The summed E-state index contributed by atoms with van der Waals surface area (Å²) in [4.78, 5) is 22.3. The number of rotatable bonds is 5. The number of quaternary nitrogens is 1. The molecule has 21 heavy (non-hydrogen) atoms. The minimum absolute atomic E-state index is 0.0703. The van der Waals surface area contributed by atoms with Gasteiger partial charge in [-0.25, -0.2) is 0 Å². The zero-order valence-corrected chi connectivity index (χ0v) is 12.3. The van der Waals surface area contributed by atoms with E-state index in [1.807, 2.05) is 0 Å². The summed E-state index contributed by atoms with van der Waals surface area (Å²) in [6.07, 6.45) is 0. The Morgan fingerprint density at radius 3 is 2.48 bits per heavy atom. The molecular weight excluding hydrogens is 298 g/mol. The van der Waals surface area contributed by atoms with E-state index in [4.69, 9.17) is 9.47 Å². The Morgan fingerprint density at radius 1 is 1.29 bits per heavy atom. The molecule has 1 saturated heterocycles. The predicted octanol–water partition coefficient (Wildman–Crippen LogP) is -2.51. The minimum atomic E-state index is -1.40. The van der Waals surface area contributed by atoms with Crippen molar-refractivity contribution in [3.63, 3.8) is 0 Å². The monoisotopic (exact) mass is 312 g/mol. The summed E-state index contributed by atoms with van der Waals surface area (Å²) in [6, 6.07) is 2.46. The van der Waals surface area contributed by atoms with Gasteiger partial charge in [0.05, 0.1) is 31.5 Å². The normalized spacial score (nSPS) is 21.0. The molecule has 1 heterocycles. The fourth-order valence-electron chi connectivity index (χ4n) is 2.26. The molecule has 2 atom stereocenters. The Hall–Kier alpha value is -1.93. The summed E-state index contributed by atoms with van der Waals surface area (Å²) in [6.45, 7) is 0. The van der Waals surface area contributed by atoms with Crippen molar-refractivity contribution in [2.75, 3.05) is 20.0 Å². The molecule has 0 saturated carbocycles. The van der Waals surface area contributed by atoms with E-state index in [9.17, 15) is 19.8 Å². The second-order valence-corrected chi connectivity index (χ2v) is 5.60. The summed E-state index contributed by atoms with van der Waals surface area (Å²) in [5.41, 5.74) is 0.311. The smallest absolute Gasteiger partial charge is 0.170 e. The minimum Gasteiger partial charge on any atom is -0.545 e. The molecule has 1 fully saturated rings. The Labute approximate surface area is 125 Å². The number of carboxylic acid groups (broad SMARTS) is 2. The van der Waals surface area contributed by atoms with Crippen molar-refractivity contribution >= 4 is 23.7 Å². The van der Waals surface area contributed by atoms with Crippen molar-refractivity contribution in [1.29, 1.82) is 0 Å². The first kappa shape index (κ1) is 15.5. The quantitative estimate of drug-likeness (QED) is 0.638. The molecule has 1 aromatic rings. The van der Waals surface area contributed by atoms with Crippen molar-refractivity contribution in [1.82, 2.24) is 0 Å². The number of aromatic carboxylic acids is 1. The molecule has 1 aliphatic heterocycles. The van der Waals surface area contributed by atoms with E-state index in [2.05, 4.69) is 0 Å². The number of thioether (sulfide) groups is 1. The molecule has 7 nitrogen and oxygen atoms in total. The van der Waals surface area contributed by atoms with Crippen molar-refractivity contribution in [2.45, 2.75) is 11.4 Å². The predicted molar refractivity (Wildman–Crippen MR) is 69.8 cm³/mol. The number of hydrogen-bond donors (Lipinski definition) is 1. The van der Waals surface area contributed by atoms with Gasteiger partial charge in [0.25, 0.3) is 0 Å². The Balaban J connectivity index is 2.45. The van der Waals surface area contributed by atoms with E-state index in [0.717, 1.165) is 0 Å². The molecule has 2 N–H and O–H groups in total. The van der Waals surface area contributed by atoms with Crippen LogP contribution in [0.5, 0.6) is 11.5 Å². The molecular formula is C13H14NO6S-. The van der Waals surface area contributed by atoms with Gasteiger partial charge in [-0.1, -0.05) is 11.8 Å². The van der Waals surface area contributed by atoms with Gasteiger partial charge in [-0.05, 0) is 12.1 Å². The van der Waals surface area contributed by atoms with Crippen LogP contribution in [0.15, 0.2) is 12.1 Å². The van der Waals surface area contributed by atoms with Crippen LogP contribution in [0.2, 0.25) is 0 Å². The first-order valence-corrected chi connectivity index (χ1v) is 7.18. The zero-order valence-electron chi connectivity index (χ0n) is 11.5. The summed E-state index contributed by atoms with van der Waals surface area (Å²) < 4.78 is 10.2. The van der Waals surface area contributed by atoms with Gasteiger partial charge in [0.2, 0.25) is 0 Å². The van der Waals surface area contributed by atoms with E-state index in [0.29, 0.717) is 11.3 Å². The largest absolute Gasteiger partial charge is 0.545 e. The standard InChI is InChI=1S/C13H15NO6S/c1-19-8-4-3-6(9(13(17)18)10(8)20-2)11-14-7(5-21-11)12(15)16/h3-4,7,11,14H,5H2,1-2H3,(H,15,16)(H,17,18)/p-1/t7-,11-/m1/s1. The number of carbonyl (C=O) groups excluding carboxylic acids is 2. The lowest BCUT2D eigenvalue weighted by atomic mass is 10.0. The topological polar surface area (TPSA) is 115 Å². The molecule has 0 unspecified atom stereocenters. The molecule has 1 aromatic carbocycles. The number of carboxylic acids is 2. The molecule has 0 radical (unpaired) electrons. The number of aliphatic carboxylic acids is 1. The van der Waals surface area contributed by atoms with Crippen molar-refractivity contribution < 1.29 is 34.6 Å². The van der Waals surface area contributed by atoms with Crippen molar-refractivity contribution in [3.05, 3.63) is 23.3 Å². The van der Waals surface area contributed by atoms with Crippen LogP contribution in [0.3, 0.4) is 0 Å². The lowest BCUT2D eigenvalue weighted by molar-refractivity contribution is -0.690. The lowest BCUT2D eigenvalue weighted by Crippen LogP contribution is -2.90. The lowest BCUT2D eigenvalue weighted by Gasteiger charge is -2.19. The Morgan fingerprint density at radius 2 is 2.00 bits per heavy atom. The van der Waals surface area contributed by atoms with Crippen LogP contribution in [-0.4, -0.2) is 38.0 Å². The van der Waals surface area contributed by atoms with Crippen LogP contribution in [-0.2, 0) is 4.79 Å². The van der Waals surface area contributed by atoms with Gasteiger partial charge in [0.15, 0.2) is 16.9 Å². The first-order chi connectivity index (χ1) is 9.99. The molecule has 114 valence electrons. The van der Waals surface area contributed by atoms with Gasteiger partial charge in [-0.3, -0.25) is 0 Å². The van der Waals surface area contributed by atoms with Crippen LogP contribution < -0.4 is 25.0 Å². The van der Waals surface area contributed by atoms with Crippen molar-refractivity contribution in [3.8, 4) is 11.5 Å². The molecule has 0 aromatic heterocycles. The van der Waals surface area contributed by atoms with Gasteiger partial charge >= 0.3 is 0 Å². The maximum Gasteiger partial charge on any atom is 0.170 e. The second-order valence-electron chi connectivity index (χ2n) is 4.42. The fraction of sp³-hybridized carbons (Fsp3) is 0.385. The van der Waals surface area contributed by atoms with Gasteiger partial charge in [-0.15, -0.1) is 0 Å². The van der Waals surface area contributed by atoms with E-state index >= 15 is 0 Å². The van der Waals surface area contributed by atoms with Crippen LogP contribution in [0.1, 0.15) is 21.3 Å². The molecule has 0 amide bonds. The molecule has 0 aliphatic carbocycles. The fourth-order valence-corrected chi connectivity index (χ4v) is 3.60. The van der Waals surface area contributed by atoms with E-state index in [1.54, 1.807) is 17.4 Å². The number of hydrogen-bond acceptors (Lipinski definition) is 7. The first-order valence-electron chi connectivity index (χ1n) is 6.13. The van der Waals surface area contributed by atoms with Crippen molar-refractivity contribution in [2.24, 2.45) is 0 Å². The number of carbonyl (C=O) groups is 2. The van der Waals surface area contributed by atoms with E-state index < -0.39 is 18.0 Å². The SMILES string of the molecule is COc1ccc([C@@H]2[NH2+][C@@H](C(=O)[O-])CS2)c(C(=O)[O-])c1OC. The zero-order chi connectivity index (χ0) is 15.6. The molecule has 0 spiro atoms. The average Bonchev–Trinajstić information content (AvgIpc) is 2.95. The van der Waals surface area contributed by atoms with Gasteiger partial charge in [0, 0.05) is 5.56 Å². The maximum atomic E-state index is 11.4. The van der Waals surface area contributed by atoms with Crippen LogP contribution in [0.25, 0.3) is 0 Å². The van der Waals surface area contributed by atoms with Crippen LogP contribution in [0, 0.1) is 0 Å². The molecule has 8 heteroatoms. The third-order valence-electron chi connectivity index (χ3n) is 3.25. The summed E-state index contributed by atoms with van der Waals surface area (Å²) in [5, 5.41) is 23.5. The van der Waals surface area contributed by atoms with E-state index in [1.165, 1.54) is 26.0 Å². The number of nitrogens with two attached hydrogens (primary N) is 1. The van der Waals surface area contributed by atoms with Gasteiger partial charge in [0.1, 0.15) is 12.0 Å². The summed E-state index contributed by atoms with van der Waals surface area (Å²) in [7, 11) is 2.74. The second kappa shape index (κ2) is 6.23. The third-order valence-corrected chi connectivity index (χ3v) is 4.58. The molecule has 2 rings (SSSR count). The summed E-state index contributed by atoms with van der Waals surface area (Å²) >= 11 is 1.33. The highest BCUT2D eigenvalue weighted by Gasteiger charge is 2.34. The summed E-state index contributed by atoms with van der Waals surface area (Å²) in [5.74, 6) is -1.87. The number of ether oxygens (including phenoxy) is 2. The third kappa shape index (κ3) is 2.91. The van der Waals surface area contributed by atoms with Crippen LogP contribution in [0.4, 0.5) is 0 Å². The molecule has 1 aliphatic rings. The maximum absolute atomic E-state index is 11.4. The highest BCUT2D eigenvalue weighted by molar-refractivity contribution is 7.99. The Kier molecular flexibility index (Phi) is 4.59. The highest BCUT2D eigenvalue weighted by atomic mass is 32.2.